The Hall–Kier alpha value is -1.96. The molecule has 0 bridgehead atoms. The first kappa shape index (κ1) is 18.0. The quantitative estimate of drug-likeness (QED) is 0.518. The molecule has 0 aliphatic rings. The van der Waals surface area contributed by atoms with Gasteiger partial charge < -0.3 is 25.8 Å². The molecule has 1 rings (SSSR count). The topological polar surface area (TPSA) is 130 Å². The van der Waals surface area contributed by atoms with E-state index in [1.54, 1.807) is 12.1 Å². The van der Waals surface area contributed by atoms with Crippen LogP contribution in [0.15, 0.2) is 30.3 Å². The number of rotatable bonds is 6. The van der Waals surface area contributed by atoms with Gasteiger partial charge in [0.15, 0.2) is 0 Å². The zero-order valence-corrected chi connectivity index (χ0v) is 10.9. The van der Waals surface area contributed by atoms with Crippen LogP contribution < -0.4 is 5.73 Å². The Bertz CT molecular complexity index is 393. The zero-order valence-electron chi connectivity index (χ0n) is 10.9. The van der Waals surface area contributed by atoms with E-state index in [9.17, 15) is 9.59 Å². The number of carbonyl (C=O) groups is 2. The van der Waals surface area contributed by atoms with Gasteiger partial charge in [0.2, 0.25) is 0 Å². The Labute approximate surface area is 116 Å². The molecule has 1 aromatic rings. The highest BCUT2D eigenvalue weighted by molar-refractivity contribution is 5.81. The van der Waals surface area contributed by atoms with E-state index in [2.05, 4.69) is 0 Å². The summed E-state index contributed by atoms with van der Waals surface area (Å²) in [5, 5.41) is 23.7. The van der Waals surface area contributed by atoms with Crippen molar-refractivity contribution in [3.63, 3.8) is 0 Å². The van der Waals surface area contributed by atoms with Crippen molar-refractivity contribution in [1.29, 1.82) is 0 Å². The lowest BCUT2D eigenvalue weighted by Crippen LogP contribution is -2.34. The summed E-state index contributed by atoms with van der Waals surface area (Å²) in [4.78, 5) is 21.5. The van der Waals surface area contributed by atoms with Gasteiger partial charge in [-0.25, -0.2) is 0 Å². The van der Waals surface area contributed by atoms with Crippen molar-refractivity contribution in [3.8, 4) is 0 Å². The highest BCUT2D eigenvalue weighted by Gasteiger charge is 2.18. The van der Waals surface area contributed by atoms with Crippen LogP contribution in [0.25, 0.3) is 0 Å². The number of carboxylic acids is 1. The molecular weight excluding hydrogens is 266 g/mol. The van der Waals surface area contributed by atoms with Crippen LogP contribution in [-0.2, 0) is 20.9 Å². The molecule has 0 spiro atoms. The van der Waals surface area contributed by atoms with Gasteiger partial charge in [0, 0.05) is 0 Å². The smallest absolute Gasteiger partial charge is 0.323 e. The minimum atomic E-state index is -1.12. The van der Waals surface area contributed by atoms with Crippen molar-refractivity contribution in [2.45, 2.75) is 19.1 Å². The van der Waals surface area contributed by atoms with Crippen LogP contribution in [-0.4, -0.2) is 46.5 Å². The van der Waals surface area contributed by atoms with Gasteiger partial charge in [-0.2, -0.15) is 0 Å². The normalized spacial score (nSPS) is 10.9. The molecule has 7 nitrogen and oxygen atoms in total. The van der Waals surface area contributed by atoms with Crippen molar-refractivity contribution in [2.24, 2.45) is 5.73 Å². The number of nitrogens with two attached hydrogens (primary N) is 1. The van der Waals surface area contributed by atoms with E-state index in [4.69, 9.17) is 25.8 Å². The van der Waals surface area contributed by atoms with E-state index in [0.29, 0.717) is 0 Å². The molecule has 112 valence electrons. The third-order valence-corrected chi connectivity index (χ3v) is 2.02. The molecule has 0 saturated carbocycles. The number of aliphatic carboxylic acids is 1. The Kier molecular flexibility index (Phi) is 9.85. The minimum absolute atomic E-state index is 0.104. The standard InChI is InChI=1S/C11H13NO4.C2H6O2/c12-9(6-10(13)14)11(15)16-7-8-4-2-1-3-5-8;3-1-2-4/h1-5,9H,6-7,12H2,(H,13,14);3-4H,1-2H2. The molecule has 0 heterocycles. The second-order valence-electron chi connectivity index (χ2n) is 3.74. The Balaban J connectivity index is 0.000000796. The van der Waals surface area contributed by atoms with Crippen LogP contribution in [0.5, 0.6) is 0 Å². The molecular formula is C13H19NO6. The molecule has 0 amide bonds. The van der Waals surface area contributed by atoms with Crippen LogP contribution in [0.3, 0.4) is 0 Å². The highest BCUT2D eigenvalue weighted by atomic mass is 16.5. The van der Waals surface area contributed by atoms with Crippen molar-refractivity contribution in [1.82, 2.24) is 0 Å². The molecule has 1 atom stereocenters. The number of benzene rings is 1. The number of aliphatic hydroxyl groups excluding tert-OH is 2. The monoisotopic (exact) mass is 285 g/mol. The fraction of sp³-hybridized carbons (Fsp3) is 0.385. The first-order valence-corrected chi connectivity index (χ1v) is 5.91. The van der Waals surface area contributed by atoms with E-state index in [0.717, 1.165) is 5.56 Å². The number of hydrogen-bond acceptors (Lipinski definition) is 6. The molecule has 0 radical (unpaired) electrons. The number of hydrogen-bond donors (Lipinski definition) is 4. The molecule has 0 aliphatic heterocycles. The van der Waals surface area contributed by atoms with Crippen molar-refractivity contribution >= 4 is 11.9 Å². The van der Waals surface area contributed by atoms with E-state index < -0.39 is 24.4 Å². The van der Waals surface area contributed by atoms with Gasteiger partial charge in [0.1, 0.15) is 12.6 Å². The summed E-state index contributed by atoms with van der Waals surface area (Å²) in [7, 11) is 0. The van der Waals surface area contributed by atoms with Gasteiger partial charge in [-0.15, -0.1) is 0 Å². The van der Waals surface area contributed by atoms with E-state index in [-0.39, 0.29) is 19.8 Å². The van der Waals surface area contributed by atoms with Crippen LogP contribution >= 0.6 is 0 Å². The average molecular weight is 285 g/mol. The van der Waals surface area contributed by atoms with Gasteiger partial charge in [0.05, 0.1) is 19.6 Å². The molecule has 0 saturated heterocycles. The van der Waals surface area contributed by atoms with Gasteiger partial charge in [-0.3, -0.25) is 9.59 Å². The Morgan fingerprint density at radius 2 is 1.70 bits per heavy atom. The SMILES string of the molecule is NC(CC(=O)O)C(=O)OCc1ccccc1.OCCO. The molecule has 0 aromatic heterocycles. The van der Waals surface area contributed by atoms with Crippen molar-refractivity contribution in [3.05, 3.63) is 35.9 Å². The van der Waals surface area contributed by atoms with E-state index in [1.165, 1.54) is 0 Å². The van der Waals surface area contributed by atoms with Crippen LogP contribution in [0.2, 0.25) is 0 Å². The fourth-order valence-corrected chi connectivity index (χ4v) is 1.11. The lowest BCUT2D eigenvalue weighted by atomic mass is 10.2. The predicted molar refractivity (Wildman–Crippen MR) is 70.6 cm³/mol. The maximum Gasteiger partial charge on any atom is 0.323 e. The summed E-state index contributed by atoms with van der Waals surface area (Å²) < 4.78 is 4.86. The van der Waals surface area contributed by atoms with Crippen molar-refractivity contribution in [2.75, 3.05) is 13.2 Å². The number of ether oxygens (including phenoxy) is 1. The average Bonchev–Trinajstić information content (AvgIpc) is 2.45. The first-order chi connectivity index (χ1) is 9.51. The summed E-state index contributed by atoms with van der Waals surface area (Å²) >= 11 is 0. The molecule has 7 heteroatoms. The third kappa shape index (κ3) is 9.03. The van der Waals surface area contributed by atoms with Gasteiger partial charge >= 0.3 is 11.9 Å². The third-order valence-electron chi connectivity index (χ3n) is 2.02. The summed E-state index contributed by atoms with van der Waals surface area (Å²) in [6.45, 7) is -0.146. The van der Waals surface area contributed by atoms with Crippen LogP contribution in [0.4, 0.5) is 0 Å². The maximum absolute atomic E-state index is 11.2. The van der Waals surface area contributed by atoms with Crippen LogP contribution in [0, 0.1) is 0 Å². The molecule has 1 aromatic carbocycles. The number of carbonyl (C=O) groups excluding carboxylic acids is 1. The highest BCUT2D eigenvalue weighted by Crippen LogP contribution is 2.02. The van der Waals surface area contributed by atoms with Gasteiger partial charge in [-0.1, -0.05) is 30.3 Å². The second-order valence-corrected chi connectivity index (χ2v) is 3.74. The minimum Gasteiger partial charge on any atom is -0.481 e. The number of aliphatic hydroxyl groups is 2. The largest absolute Gasteiger partial charge is 0.481 e. The van der Waals surface area contributed by atoms with E-state index in [1.807, 2.05) is 18.2 Å². The van der Waals surface area contributed by atoms with E-state index >= 15 is 0 Å². The molecule has 0 fully saturated rings. The van der Waals surface area contributed by atoms with Crippen LogP contribution in [0.1, 0.15) is 12.0 Å². The summed E-state index contributed by atoms with van der Waals surface area (Å²) in [5.74, 6) is -1.82. The van der Waals surface area contributed by atoms with Gasteiger partial charge in [-0.05, 0) is 5.56 Å². The number of carboxylic acid groups (broad SMARTS) is 1. The predicted octanol–water partition coefficient (Wildman–Crippen LogP) is -0.497. The molecule has 1 unspecified atom stereocenters. The lowest BCUT2D eigenvalue weighted by Gasteiger charge is -2.09. The maximum atomic E-state index is 11.2. The second kappa shape index (κ2) is 10.9. The molecule has 20 heavy (non-hydrogen) atoms. The molecule has 0 aliphatic carbocycles. The first-order valence-electron chi connectivity index (χ1n) is 5.91. The number of esters is 1. The van der Waals surface area contributed by atoms with Crippen molar-refractivity contribution < 1.29 is 29.6 Å². The molecule has 5 N–H and O–H groups in total. The Morgan fingerprint density at radius 3 is 2.15 bits per heavy atom. The van der Waals surface area contributed by atoms with Gasteiger partial charge in [0.25, 0.3) is 0 Å². The zero-order chi connectivity index (χ0) is 15.4. The Morgan fingerprint density at radius 1 is 1.15 bits per heavy atom. The summed E-state index contributed by atoms with van der Waals surface area (Å²) in [6.07, 6.45) is -0.423. The fourth-order valence-electron chi connectivity index (χ4n) is 1.11. The summed E-state index contributed by atoms with van der Waals surface area (Å²) in [6, 6.07) is 7.98. The summed E-state index contributed by atoms with van der Waals surface area (Å²) in [5.41, 5.74) is 6.16. The lowest BCUT2D eigenvalue weighted by molar-refractivity contribution is -0.150.